The van der Waals surface area contributed by atoms with Crippen molar-refractivity contribution in [3.63, 3.8) is 0 Å². The number of carbonyl (C=O) groups is 1. The molecule has 2 aliphatic carbocycles. The van der Waals surface area contributed by atoms with Crippen LogP contribution in [0.3, 0.4) is 0 Å². The summed E-state index contributed by atoms with van der Waals surface area (Å²) in [7, 11) is 3.96. The lowest BCUT2D eigenvalue weighted by molar-refractivity contribution is -0.129. The van der Waals surface area contributed by atoms with Gasteiger partial charge in [-0.2, -0.15) is 0 Å². The summed E-state index contributed by atoms with van der Waals surface area (Å²) in [4.78, 5) is 14.3. The molecule has 0 spiro atoms. The Bertz CT molecular complexity index is 390. The van der Waals surface area contributed by atoms with Gasteiger partial charge in [0.05, 0.1) is 0 Å². The van der Waals surface area contributed by atoms with E-state index in [0.29, 0.717) is 23.5 Å². The number of rotatable bonds is 2. The van der Waals surface area contributed by atoms with Crippen molar-refractivity contribution in [3.05, 3.63) is 23.4 Å². The van der Waals surface area contributed by atoms with Gasteiger partial charge in [-0.25, -0.2) is 0 Å². The predicted octanol–water partition coefficient (Wildman–Crippen LogP) is 2.87. The fourth-order valence-electron chi connectivity index (χ4n) is 3.27. The molecule has 0 N–H and O–H groups in total. The average Bonchev–Trinajstić information content (AvgIpc) is 2.25. The van der Waals surface area contributed by atoms with Gasteiger partial charge < -0.3 is 4.90 Å². The van der Waals surface area contributed by atoms with Crippen LogP contribution in [0.1, 0.15) is 27.2 Å². The van der Waals surface area contributed by atoms with E-state index in [1.54, 1.807) is 0 Å². The minimum Gasteiger partial charge on any atom is -0.383 e. The van der Waals surface area contributed by atoms with Gasteiger partial charge in [-0.15, -0.1) is 0 Å². The average molecular weight is 233 g/mol. The van der Waals surface area contributed by atoms with Crippen molar-refractivity contribution < 1.29 is 4.79 Å². The van der Waals surface area contributed by atoms with E-state index in [0.717, 1.165) is 12.0 Å². The van der Waals surface area contributed by atoms with Crippen molar-refractivity contribution in [2.75, 3.05) is 14.1 Å². The van der Waals surface area contributed by atoms with Gasteiger partial charge in [0.15, 0.2) is 5.78 Å². The number of carbonyl (C=O) groups excluding carboxylic acids is 1. The molecule has 0 amide bonds. The molecule has 17 heavy (non-hydrogen) atoms. The molecule has 0 heterocycles. The van der Waals surface area contributed by atoms with Crippen LogP contribution >= 0.6 is 0 Å². The molecule has 1 fully saturated rings. The van der Waals surface area contributed by atoms with Crippen LogP contribution in [-0.2, 0) is 4.79 Å². The molecule has 2 aliphatic rings. The second-order valence-electron chi connectivity index (χ2n) is 6.01. The van der Waals surface area contributed by atoms with E-state index >= 15 is 0 Å². The fraction of sp³-hybridized carbons (Fsp3) is 0.667. The zero-order chi connectivity index (χ0) is 12.7. The minimum absolute atomic E-state index is 0.256. The van der Waals surface area contributed by atoms with Gasteiger partial charge in [-0.05, 0) is 25.2 Å². The van der Waals surface area contributed by atoms with Gasteiger partial charge in [0.1, 0.15) is 0 Å². The predicted molar refractivity (Wildman–Crippen MR) is 70.5 cm³/mol. The molecular formula is C15H23NO. The first-order chi connectivity index (χ1) is 7.93. The quantitative estimate of drug-likeness (QED) is 0.540. The first-order valence-corrected chi connectivity index (χ1v) is 6.52. The minimum atomic E-state index is 0.256. The normalized spacial score (nSPS) is 34.5. The second kappa shape index (κ2) is 4.32. The maximum atomic E-state index is 12.3. The molecule has 0 aliphatic heterocycles. The Hall–Kier alpha value is -1.05. The molecule has 0 radical (unpaired) electrons. The Balaban J connectivity index is 2.30. The molecule has 0 saturated heterocycles. The summed E-state index contributed by atoms with van der Waals surface area (Å²) < 4.78 is 0. The lowest BCUT2D eigenvalue weighted by atomic mass is 9.55. The maximum Gasteiger partial charge on any atom is 0.165 e. The summed E-state index contributed by atoms with van der Waals surface area (Å²) in [5, 5.41) is 0. The summed E-state index contributed by atoms with van der Waals surface area (Å²) in [6, 6.07) is 0. The zero-order valence-electron chi connectivity index (χ0n) is 11.5. The largest absolute Gasteiger partial charge is 0.383 e. The third-order valence-electron chi connectivity index (χ3n) is 4.20. The van der Waals surface area contributed by atoms with Crippen LogP contribution in [-0.4, -0.2) is 24.8 Å². The first kappa shape index (κ1) is 12.4. The Labute approximate surface area is 104 Å². The van der Waals surface area contributed by atoms with Crippen LogP contribution < -0.4 is 0 Å². The van der Waals surface area contributed by atoms with Crippen LogP contribution in [0, 0.1) is 23.7 Å². The molecule has 2 rings (SSSR count). The van der Waals surface area contributed by atoms with Crippen LogP contribution in [0.2, 0.25) is 0 Å². The van der Waals surface area contributed by atoms with Crippen molar-refractivity contribution in [2.45, 2.75) is 27.2 Å². The van der Waals surface area contributed by atoms with E-state index in [9.17, 15) is 4.79 Å². The van der Waals surface area contributed by atoms with Gasteiger partial charge in [-0.1, -0.05) is 25.5 Å². The molecule has 0 bridgehead atoms. The van der Waals surface area contributed by atoms with Crippen molar-refractivity contribution in [3.8, 4) is 0 Å². The van der Waals surface area contributed by atoms with E-state index in [-0.39, 0.29) is 5.92 Å². The van der Waals surface area contributed by atoms with Gasteiger partial charge in [0.25, 0.3) is 0 Å². The number of Topliss-reactive ketones (excluding diaryl/α,β-unsaturated/α-hetero) is 1. The molecule has 2 unspecified atom stereocenters. The molecule has 0 aromatic rings. The molecule has 94 valence electrons. The van der Waals surface area contributed by atoms with E-state index in [1.165, 1.54) is 5.57 Å². The third kappa shape index (κ3) is 1.94. The second-order valence-corrected chi connectivity index (χ2v) is 6.01. The summed E-state index contributed by atoms with van der Waals surface area (Å²) in [6.07, 6.45) is 5.41. The van der Waals surface area contributed by atoms with Gasteiger partial charge in [-0.3, -0.25) is 4.79 Å². The van der Waals surface area contributed by atoms with Gasteiger partial charge >= 0.3 is 0 Å². The number of hydrogen-bond donors (Lipinski definition) is 0. The molecular weight excluding hydrogens is 210 g/mol. The standard InChI is InChI=1S/C15H23NO/c1-9(2)11-7-6-10(3)13-12(8-16(4)5)15(17)14(11)13/h6,8-9,11,13-14H,7H2,1-5H3/t11-,13?,14?/m1/s1. The lowest BCUT2D eigenvalue weighted by Crippen LogP contribution is -2.49. The lowest BCUT2D eigenvalue weighted by Gasteiger charge is -2.47. The highest BCUT2D eigenvalue weighted by atomic mass is 16.1. The number of allylic oxidation sites excluding steroid dienone is 3. The highest BCUT2D eigenvalue weighted by molar-refractivity contribution is 6.06. The molecule has 0 aromatic carbocycles. The van der Waals surface area contributed by atoms with Crippen LogP contribution in [0.5, 0.6) is 0 Å². The summed E-state index contributed by atoms with van der Waals surface area (Å²) >= 11 is 0. The van der Waals surface area contributed by atoms with Crippen molar-refractivity contribution in [1.82, 2.24) is 4.90 Å². The van der Waals surface area contributed by atoms with E-state index < -0.39 is 0 Å². The van der Waals surface area contributed by atoms with E-state index in [2.05, 4.69) is 26.8 Å². The smallest absolute Gasteiger partial charge is 0.165 e. The molecule has 2 nitrogen and oxygen atoms in total. The van der Waals surface area contributed by atoms with Crippen LogP contribution in [0.15, 0.2) is 23.4 Å². The third-order valence-corrected chi connectivity index (χ3v) is 4.20. The highest BCUT2D eigenvalue weighted by Gasteiger charge is 2.51. The Kier molecular flexibility index (Phi) is 3.15. The first-order valence-electron chi connectivity index (χ1n) is 6.52. The zero-order valence-corrected chi connectivity index (χ0v) is 11.5. The Morgan fingerprint density at radius 1 is 1.41 bits per heavy atom. The highest BCUT2D eigenvalue weighted by Crippen LogP contribution is 2.51. The fourth-order valence-corrected chi connectivity index (χ4v) is 3.27. The van der Waals surface area contributed by atoms with Gasteiger partial charge in [0.2, 0.25) is 0 Å². The summed E-state index contributed by atoms with van der Waals surface area (Å²) in [5.74, 6) is 2.17. The topological polar surface area (TPSA) is 20.3 Å². The molecule has 2 heteroatoms. The van der Waals surface area contributed by atoms with E-state index in [1.807, 2.05) is 25.2 Å². The van der Waals surface area contributed by atoms with Crippen molar-refractivity contribution in [1.29, 1.82) is 0 Å². The number of fused-ring (bicyclic) bond motifs is 1. The molecule has 3 atom stereocenters. The Morgan fingerprint density at radius 3 is 2.59 bits per heavy atom. The Morgan fingerprint density at radius 2 is 2.06 bits per heavy atom. The number of hydrogen-bond acceptors (Lipinski definition) is 2. The SMILES string of the molecule is CC1=CC[C@H](C(C)C)C2C(=O)C(=CN(C)C)C12. The number of nitrogens with zero attached hydrogens (tertiary/aromatic N) is 1. The van der Waals surface area contributed by atoms with Crippen LogP contribution in [0.4, 0.5) is 0 Å². The maximum absolute atomic E-state index is 12.3. The number of ketones is 1. The van der Waals surface area contributed by atoms with Crippen molar-refractivity contribution >= 4 is 5.78 Å². The summed E-state index contributed by atoms with van der Waals surface area (Å²) in [6.45, 7) is 6.64. The molecule has 0 aromatic heterocycles. The molecule has 1 saturated carbocycles. The van der Waals surface area contributed by atoms with Crippen molar-refractivity contribution in [2.24, 2.45) is 23.7 Å². The monoisotopic (exact) mass is 233 g/mol. The van der Waals surface area contributed by atoms with E-state index in [4.69, 9.17) is 0 Å². The van der Waals surface area contributed by atoms with Gasteiger partial charge in [0, 0.05) is 37.7 Å². The summed E-state index contributed by atoms with van der Waals surface area (Å²) in [5.41, 5.74) is 2.40. The van der Waals surface area contributed by atoms with Crippen LogP contribution in [0.25, 0.3) is 0 Å².